The molecule has 0 aliphatic heterocycles. The second kappa shape index (κ2) is 9.44. The van der Waals surface area contributed by atoms with Crippen LogP contribution in [0, 0.1) is 5.82 Å². The zero-order valence-corrected chi connectivity index (χ0v) is 13.7. The van der Waals surface area contributed by atoms with Crippen molar-refractivity contribution in [3.8, 4) is 0 Å². The number of amides is 2. The molecule has 6 nitrogen and oxygen atoms in total. The molecule has 0 spiro atoms. The lowest BCUT2D eigenvalue weighted by molar-refractivity contribution is -0.145. The summed E-state index contributed by atoms with van der Waals surface area (Å²) in [7, 11) is 1.20. The molecular weight excluding hydrogens is 315 g/mol. The second-order valence-electron chi connectivity index (χ2n) is 5.16. The summed E-state index contributed by atoms with van der Waals surface area (Å²) in [5.41, 5.74) is 0.282. The summed E-state index contributed by atoms with van der Waals surface area (Å²) in [5, 5.41) is 4.96. The predicted octanol–water partition coefficient (Wildman–Crippen LogP) is 1.11. The number of benzene rings is 1. The van der Waals surface area contributed by atoms with Gasteiger partial charge in [-0.15, -0.1) is 6.58 Å². The van der Waals surface area contributed by atoms with E-state index in [0.29, 0.717) is 0 Å². The van der Waals surface area contributed by atoms with Gasteiger partial charge in [-0.05, 0) is 18.1 Å². The Morgan fingerprint density at radius 1 is 1.25 bits per heavy atom. The highest BCUT2D eigenvalue weighted by molar-refractivity contribution is 5.90. The van der Waals surface area contributed by atoms with Crippen LogP contribution in [0.25, 0.3) is 0 Å². The van der Waals surface area contributed by atoms with Crippen LogP contribution in [0.1, 0.15) is 18.9 Å². The lowest BCUT2D eigenvalue weighted by Gasteiger charge is -2.21. The average Bonchev–Trinajstić information content (AvgIpc) is 2.54. The third kappa shape index (κ3) is 5.83. The van der Waals surface area contributed by atoms with E-state index in [1.807, 2.05) is 0 Å². The van der Waals surface area contributed by atoms with Gasteiger partial charge in [0.05, 0.1) is 7.11 Å². The fourth-order valence-corrected chi connectivity index (χ4v) is 2.13. The van der Waals surface area contributed by atoms with Crippen molar-refractivity contribution in [1.29, 1.82) is 0 Å². The Bertz CT molecular complexity index is 618. The summed E-state index contributed by atoms with van der Waals surface area (Å²) < 4.78 is 18.4. The van der Waals surface area contributed by atoms with Gasteiger partial charge >= 0.3 is 5.97 Å². The maximum absolute atomic E-state index is 13.8. The van der Waals surface area contributed by atoms with Gasteiger partial charge in [0, 0.05) is 13.3 Å². The van der Waals surface area contributed by atoms with E-state index in [4.69, 9.17) is 0 Å². The maximum atomic E-state index is 13.8. The fraction of sp³-hybridized carbons (Fsp3) is 0.353. The summed E-state index contributed by atoms with van der Waals surface area (Å²) in [6, 6.07) is 4.03. The molecule has 0 aliphatic carbocycles. The summed E-state index contributed by atoms with van der Waals surface area (Å²) >= 11 is 0. The molecule has 0 aliphatic rings. The number of nitrogens with one attached hydrogen (secondary N) is 2. The molecule has 0 saturated carbocycles. The van der Waals surface area contributed by atoms with Crippen LogP contribution in [0.3, 0.4) is 0 Å². The number of esters is 1. The molecule has 0 unspecified atom stereocenters. The standard InChI is InChI=1S/C17H21FN2O4/c1-4-7-14(17(23)24-3)20-16(22)15(19-11(2)21)10-12-8-5-6-9-13(12)18/h4-6,8-9,14-15H,1,7,10H2,2-3H3,(H,19,21)(H,20,22)/t14-,15-/m1/s1. The molecule has 0 radical (unpaired) electrons. The highest BCUT2D eigenvalue weighted by Gasteiger charge is 2.26. The first-order chi connectivity index (χ1) is 11.4. The molecule has 2 amide bonds. The number of carbonyl (C=O) groups excluding carboxylic acids is 3. The first-order valence-corrected chi connectivity index (χ1v) is 7.38. The van der Waals surface area contributed by atoms with Crippen molar-refractivity contribution in [1.82, 2.24) is 10.6 Å². The van der Waals surface area contributed by atoms with Crippen molar-refractivity contribution >= 4 is 17.8 Å². The Hall–Kier alpha value is -2.70. The lowest BCUT2D eigenvalue weighted by Crippen LogP contribution is -2.52. The minimum atomic E-state index is -1.02. The number of halogens is 1. The van der Waals surface area contributed by atoms with Crippen LogP contribution in [-0.2, 0) is 25.5 Å². The Kier molecular flexibility index (Phi) is 7.61. The largest absolute Gasteiger partial charge is 0.467 e. The molecule has 7 heteroatoms. The van der Waals surface area contributed by atoms with Gasteiger partial charge in [0.1, 0.15) is 17.9 Å². The Balaban J connectivity index is 2.91. The Morgan fingerprint density at radius 2 is 1.92 bits per heavy atom. The summed E-state index contributed by atoms with van der Waals surface area (Å²) in [6.07, 6.45) is 1.59. The number of methoxy groups -OCH3 is 1. The van der Waals surface area contributed by atoms with Crippen LogP contribution in [0.15, 0.2) is 36.9 Å². The van der Waals surface area contributed by atoms with E-state index in [9.17, 15) is 18.8 Å². The molecule has 0 fully saturated rings. The first-order valence-electron chi connectivity index (χ1n) is 7.38. The van der Waals surface area contributed by atoms with Gasteiger partial charge in [-0.3, -0.25) is 9.59 Å². The fourth-order valence-electron chi connectivity index (χ4n) is 2.13. The van der Waals surface area contributed by atoms with Crippen LogP contribution in [0.5, 0.6) is 0 Å². The molecule has 0 bridgehead atoms. The molecule has 1 rings (SSSR count). The predicted molar refractivity (Wildman–Crippen MR) is 86.5 cm³/mol. The van der Waals surface area contributed by atoms with E-state index in [0.717, 1.165) is 0 Å². The Morgan fingerprint density at radius 3 is 2.46 bits per heavy atom. The molecule has 0 aromatic heterocycles. The summed E-state index contributed by atoms with van der Waals surface area (Å²) in [6.45, 7) is 4.77. The normalized spacial score (nSPS) is 12.6. The van der Waals surface area contributed by atoms with Crippen LogP contribution < -0.4 is 10.6 Å². The molecule has 2 N–H and O–H groups in total. The molecule has 1 aromatic carbocycles. The smallest absolute Gasteiger partial charge is 0.328 e. The van der Waals surface area contributed by atoms with Crippen LogP contribution in [0.2, 0.25) is 0 Å². The van der Waals surface area contributed by atoms with Gasteiger partial charge in [0.2, 0.25) is 11.8 Å². The van der Waals surface area contributed by atoms with Gasteiger partial charge in [0.25, 0.3) is 0 Å². The zero-order valence-electron chi connectivity index (χ0n) is 13.7. The van der Waals surface area contributed by atoms with E-state index in [1.165, 1.54) is 38.3 Å². The second-order valence-corrected chi connectivity index (χ2v) is 5.16. The van der Waals surface area contributed by atoms with Crippen molar-refractivity contribution < 1.29 is 23.5 Å². The van der Waals surface area contributed by atoms with Gasteiger partial charge in [-0.2, -0.15) is 0 Å². The van der Waals surface area contributed by atoms with E-state index in [-0.39, 0.29) is 18.4 Å². The van der Waals surface area contributed by atoms with E-state index in [1.54, 1.807) is 6.07 Å². The topological polar surface area (TPSA) is 84.5 Å². The van der Waals surface area contributed by atoms with Crippen molar-refractivity contribution in [3.63, 3.8) is 0 Å². The summed E-state index contributed by atoms with van der Waals surface area (Å²) in [5.74, 6) is -2.15. The van der Waals surface area contributed by atoms with Crippen molar-refractivity contribution in [2.45, 2.75) is 31.8 Å². The summed E-state index contributed by atoms with van der Waals surface area (Å²) in [4.78, 5) is 35.4. The minimum Gasteiger partial charge on any atom is -0.467 e. The van der Waals surface area contributed by atoms with Gasteiger partial charge in [0.15, 0.2) is 0 Å². The first kappa shape index (κ1) is 19.3. The van der Waals surface area contributed by atoms with Crippen LogP contribution in [-0.4, -0.2) is 37.0 Å². The Labute approximate surface area is 140 Å². The molecule has 24 heavy (non-hydrogen) atoms. The minimum absolute atomic E-state index is 0.0416. The molecular formula is C17H21FN2O4. The molecule has 0 heterocycles. The van der Waals surface area contributed by atoms with Crippen molar-refractivity contribution in [2.24, 2.45) is 0 Å². The molecule has 2 atom stereocenters. The van der Waals surface area contributed by atoms with Crippen LogP contribution >= 0.6 is 0 Å². The highest BCUT2D eigenvalue weighted by atomic mass is 19.1. The van der Waals surface area contributed by atoms with Crippen molar-refractivity contribution in [3.05, 3.63) is 48.3 Å². The lowest BCUT2D eigenvalue weighted by atomic mass is 10.0. The molecule has 130 valence electrons. The van der Waals surface area contributed by atoms with Crippen molar-refractivity contribution in [2.75, 3.05) is 7.11 Å². The SMILES string of the molecule is C=CC[C@@H](NC(=O)[C@@H](Cc1ccccc1F)NC(C)=O)C(=O)OC. The number of ether oxygens (including phenoxy) is 1. The monoisotopic (exact) mass is 336 g/mol. The van der Waals surface area contributed by atoms with E-state index < -0.39 is 35.7 Å². The van der Waals surface area contributed by atoms with E-state index in [2.05, 4.69) is 21.9 Å². The average molecular weight is 336 g/mol. The van der Waals surface area contributed by atoms with Gasteiger partial charge in [-0.1, -0.05) is 24.3 Å². The van der Waals surface area contributed by atoms with Gasteiger partial charge < -0.3 is 15.4 Å². The maximum Gasteiger partial charge on any atom is 0.328 e. The number of hydrogen-bond donors (Lipinski definition) is 2. The number of carbonyl (C=O) groups is 3. The third-order valence-corrected chi connectivity index (χ3v) is 3.28. The highest BCUT2D eigenvalue weighted by Crippen LogP contribution is 2.10. The zero-order chi connectivity index (χ0) is 18.1. The third-order valence-electron chi connectivity index (χ3n) is 3.28. The number of rotatable bonds is 8. The van der Waals surface area contributed by atoms with E-state index >= 15 is 0 Å². The van der Waals surface area contributed by atoms with Crippen LogP contribution in [0.4, 0.5) is 4.39 Å². The van der Waals surface area contributed by atoms with Gasteiger partial charge in [-0.25, -0.2) is 9.18 Å². The quantitative estimate of drug-likeness (QED) is 0.550. The molecule has 0 saturated heterocycles. The number of hydrogen-bond acceptors (Lipinski definition) is 4. The molecule has 1 aromatic rings.